The standard InChI is InChI=1S/C27H40N6O4/c1-27(2,3)37-26(36)30-33-16-21-20(22(21)17-33)10-11-31-12-14-32(15-13-31)19-6-4-18(5-7-19)28-23-8-9-24(34)29-25(23)35/h4-7,20-23,28H,8-17H2,1-3H3,(H,30,36)(H,29,34,35). The number of imide groups is 1. The summed E-state index contributed by atoms with van der Waals surface area (Å²) in [4.78, 5) is 40.3. The Labute approximate surface area is 219 Å². The van der Waals surface area contributed by atoms with E-state index in [9.17, 15) is 14.4 Å². The molecule has 1 aromatic carbocycles. The van der Waals surface area contributed by atoms with E-state index < -0.39 is 5.60 Å². The fourth-order valence-electron chi connectivity index (χ4n) is 5.96. The number of ether oxygens (including phenoxy) is 1. The van der Waals surface area contributed by atoms with Crippen molar-refractivity contribution in [2.75, 3.05) is 56.0 Å². The number of rotatable bonds is 7. The summed E-state index contributed by atoms with van der Waals surface area (Å²) in [6.45, 7) is 12.8. The molecule has 4 aliphatic rings. The van der Waals surface area contributed by atoms with E-state index in [2.05, 4.69) is 38.0 Å². The number of hydrogen-bond donors (Lipinski definition) is 3. The lowest BCUT2D eigenvalue weighted by molar-refractivity contribution is -0.133. The number of amides is 3. The van der Waals surface area contributed by atoms with Crippen molar-refractivity contribution in [3.8, 4) is 0 Å². The van der Waals surface area contributed by atoms with Gasteiger partial charge in [-0.1, -0.05) is 0 Å². The van der Waals surface area contributed by atoms with Gasteiger partial charge in [0.25, 0.3) is 0 Å². The van der Waals surface area contributed by atoms with E-state index >= 15 is 0 Å². The van der Waals surface area contributed by atoms with Gasteiger partial charge in [-0.05, 0) is 82.2 Å². The second-order valence-corrected chi connectivity index (χ2v) is 11.8. The Morgan fingerprint density at radius 2 is 1.73 bits per heavy atom. The molecule has 0 aromatic heterocycles. The molecule has 3 unspecified atom stereocenters. The van der Waals surface area contributed by atoms with Crippen molar-refractivity contribution in [2.24, 2.45) is 17.8 Å². The summed E-state index contributed by atoms with van der Waals surface area (Å²) in [6.07, 6.45) is 1.77. The highest BCUT2D eigenvalue weighted by Gasteiger charge is 2.55. The van der Waals surface area contributed by atoms with Crippen molar-refractivity contribution >= 4 is 29.3 Å². The van der Waals surface area contributed by atoms with Gasteiger partial charge >= 0.3 is 6.09 Å². The minimum absolute atomic E-state index is 0.197. The topological polar surface area (TPSA) is 106 Å². The molecule has 3 amide bonds. The molecule has 3 saturated heterocycles. The van der Waals surface area contributed by atoms with Crippen molar-refractivity contribution in [2.45, 2.75) is 51.7 Å². The highest BCUT2D eigenvalue weighted by atomic mass is 16.6. The van der Waals surface area contributed by atoms with E-state index in [0.29, 0.717) is 24.7 Å². The lowest BCUT2D eigenvalue weighted by Crippen LogP contribution is -2.47. The molecule has 5 rings (SSSR count). The number of piperidine rings is 2. The van der Waals surface area contributed by atoms with Crippen LogP contribution in [0.2, 0.25) is 0 Å². The van der Waals surface area contributed by atoms with E-state index in [4.69, 9.17) is 4.74 Å². The van der Waals surface area contributed by atoms with Crippen LogP contribution in [0.1, 0.15) is 40.0 Å². The average Bonchev–Trinajstić information content (AvgIpc) is 3.29. The molecule has 202 valence electrons. The quantitative estimate of drug-likeness (QED) is 0.477. The maximum atomic E-state index is 12.0. The largest absolute Gasteiger partial charge is 0.443 e. The Balaban J connectivity index is 0.985. The van der Waals surface area contributed by atoms with Crippen molar-refractivity contribution < 1.29 is 19.1 Å². The van der Waals surface area contributed by atoms with Gasteiger partial charge in [-0.2, -0.15) is 0 Å². The van der Waals surface area contributed by atoms with Crippen molar-refractivity contribution in [3.63, 3.8) is 0 Å². The Bertz CT molecular complexity index is 989. The van der Waals surface area contributed by atoms with Crippen LogP contribution in [-0.2, 0) is 14.3 Å². The molecule has 4 fully saturated rings. The summed E-state index contributed by atoms with van der Waals surface area (Å²) in [5.41, 5.74) is 4.51. The molecule has 0 spiro atoms. The normalized spacial score (nSPS) is 28.5. The molecule has 10 nitrogen and oxygen atoms in total. The number of nitrogens with one attached hydrogen (secondary N) is 3. The van der Waals surface area contributed by atoms with E-state index in [0.717, 1.165) is 57.4 Å². The Morgan fingerprint density at radius 3 is 2.35 bits per heavy atom. The van der Waals surface area contributed by atoms with Crippen LogP contribution < -0.4 is 21.0 Å². The predicted octanol–water partition coefficient (Wildman–Crippen LogP) is 2.03. The number of piperazine rings is 1. The molecule has 0 bridgehead atoms. The zero-order chi connectivity index (χ0) is 26.2. The van der Waals surface area contributed by atoms with Gasteiger partial charge in [0.05, 0.1) is 0 Å². The maximum Gasteiger partial charge on any atom is 0.422 e. The first-order chi connectivity index (χ1) is 17.6. The minimum Gasteiger partial charge on any atom is -0.443 e. The van der Waals surface area contributed by atoms with Gasteiger partial charge in [-0.25, -0.2) is 9.80 Å². The van der Waals surface area contributed by atoms with E-state index in [1.807, 2.05) is 37.9 Å². The monoisotopic (exact) mass is 512 g/mol. The van der Waals surface area contributed by atoms with Gasteiger partial charge in [0, 0.05) is 57.1 Å². The van der Waals surface area contributed by atoms with Gasteiger partial charge in [-0.3, -0.25) is 25.2 Å². The number of carbonyl (C=O) groups is 3. The molecule has 3 aliphatic heterocycles. The molecule has 1 aromatic rings. The summed E-state index contributed by atoms with van der Waals surface area (Å²) < 4.78 is 5.36. The van der Waals surface area contributed by atoms with Crippen molar-refractivity contribution in [1.29, 1.82) is 0 Å². The van der Waals surface area contributed by atoms with Crippen LogP contribution in [0.3, 0.4) is 0 Å². The molecule has 3 heterocycles. The van der Waals surface area contributed by atoms with Gasteiger partial charge in [-0.15, -0.1) is 0 Å². The lowest BCUT2D eigenvalue weighted by Gasteiger charge is -2.36. The molecule has 37 heavy (non-hydrogen) atoms. The van der Waals surface area contributed by atoms with Crippen LogP contribution in [0, 0.1) is 17.8 Å². The fraction of sp³-hybridized carbons (Fsp3) is 0.667. The van der Waals surface area contributed by atoms with Crippen LogP contribution in [0.15, 0.2) is 24.3 Å². The van der Waals surface area contributed by atoms with Crippen LogP contribution in [0.25, 0.3) is 0 Å². The van der Waals surface area contributed by atoms with Crippen LogP contribution >= 0.6 is 0 Å². The van der Waals surface area contributed by atoms with Gasteiger partial charge in [0.2, 0.25) is 11.8 Å². The summed E-state index contributed by atoms with van der Waals surface area (Å²) in [5, 5.41) is 7.65. The average molecular weight is 513 g/mol. The van der Waals surface area contributed by atoms with Gasteiger partial charge in [0.15, 0.2) is 0 Å². The molecule has 1 saturated carbocycles. The zero-order valence-corrected chi connectivity index (χ0v) is 22.2. The zero-order valence-electron chi connectivity index (χ0n) is 22.2. The van der Waals surface area contributed by atoms with Gasteiger partial charge < -0.3 is 15.0 Å². The Morgan fingerprint density at radius 1 is 1.05 bits per heavy atom. The van der Waals surface area contributed by atoms with E-state index in [1.54, 1.807) is 0 Å². The number of carbonyl (C=O) groups excluding carboxylic acids is 3. The first-order valence-electron chi connectivity index (χ1n) is 13.6. The smallest absolute Gasteiger partial charge is 0.422 e. The summed E-state index contributed by atoms with van der Waals surface area (Å²) in [5.74, 6) is 1.73. The number of nitrogens with zero attached hydrogens (tertiary/aromatic N) is 3. The second kappa shape index (κ2) is 10.5. The fourth-order valence-corrected chi connectivity index (χ4v) is 5.96. The predicted molar refractivity (Wildman–Crippen MR) is 141 cm³/mol. The number of hydrazine groups is 1. The molecule has 1 aliphatic carbocycles. The van der Waals surface area contributed by atoms with Crippen LogP contribution in [0.4, 0.5) is 16.2 Å². The first kappa shape index (κ1) is 25.8. The SMILES string of the molecule is CC(C)(C)OC(=O)NN1CC2C(CCN3CCN(c4ccc(NC5CCC(=O)NC5=O)cc4)CC3)C2C1. The molecule has 3 atom stereocenters. The third-order valence-corrected chi connectivity index (χ3v) is 7.98. The number of anilines is 2. The Kier molecular flexibility index (Phi) is 7.31. The highest BCUT2D eigenvalue weighted by Crippen LogP contribution is 2.53. The van der Waals surface area contributed by atoms with Crippen LogP contribution in [-0.4, -0.2) is 85.3 Å². The van der Waals surface area contributed by atoms with E-state index in [-0.39, 0.29) is 23.9 Å². The molecule has 10 heteroatoms. The summed E-state index contributed by atoms with van der Waals surface area (Å²) in [7, 11) is 0. The summed E-state index contributed by atoms with van der Waals surface area (Å²) in [6, 6.07) is 7.87. The molecular formula is C27H40N6O4. The number of fused-ring (bicyclic) bond motifs is 1. The first-order valence-corrected chi connectivity index (χ1v) is 13.6. The number of benzene rings is 1. The molecular weight excluding hydrogens is 472 g/mol. The minimum atomic E-state index is -0.475. The summed E-state index contributed by atoms with van der Waals surface area (Å²) >= 11 is 0. The third kappa shape index (κ3) is 6.54. The third-order valence-electron chi connectivity index (χ3n) is 7.98. The Hall–Kier alpha value is -2.85. The van der Waals surface area contributed by atoms with E-state index in [1.165, 1.54) is 12.1 Å². The maximum absolute atomic E-state index is 12.0. The second-order valence-electron chi connectivity index (χ2n) is 11.8. The molecule has 0 radical (unpaired) electrons. The lowest BCUT2D eigenvalue weighted by atomic mass is 10.1. The van der Waals surface area contributed by atoms with Crippen LogP contribution in [0.5, 0.6) is 0 Å². The number of hydrogen-bond acceptors (Lipinski definition) is 8. The van der Waals surface area contributed by atoms with Gasteiger partial charge in [0.1, 0.15) is 11.6 Å². The van der Waals surface area contributed by atoms with Crippen molar-refractivity contribution in [1.82, 2.24) is 20.7 Å². The highest BCUT2D eigenvalue weighted by molar-refractivity contribution is 6.01. The molecule has 3 N–H and O–H groups in total. The van der Waals surface area contributed by atoms with Crippen molar-refractivity contribution in [3.05, 3.63) is 24.3 Å².